The predicted octanol–water partition coefficient (Wildman–Crippen LogP) is 3.82. The molecule has 1 fully saturated rings. The second-order valence-corrected chi connectivity index (χ2v) is 6.10. The van der Waals surface area contributed by atoms with Crippen LogP contribution >= 0.6 is 0 Å². The molecule has 2 aromatic rings. The first kappa shape index (κ1) is 16.5. The van der Waals surface area contributed by atoms with E-state index in [4.69, 9.17) is 9.47 Å². The van der Waals surface area contributed by atoms with Crippen molar-refractivity contribution in [2.75, 3.05) is 20.8 Å². The lowest BCUT2D eigenvalue weighted by atomic mass is 10.0. The largest absolute Gasteiger partial charge is 0.497 e. The van der Waals surface area contributed by atoms with Crippen LogP contribution in [0.2, 0.25) is 0 Å². The molecule has 1 aliphatic rings. The normalized spacial score (nSPS) is 17.7. The van der Waals surface area contributed by atoms with Gasteiger partial charge in [-0.05, 0) is 54.8 Å². The van der Waals surface area contributed by atoms with Gasteiger partial charge in [-0.25, -0.2) is 4.79 Å². The lowest BCUT2D eigenvalue weighted by molar-refractivity contribution is 0.0600. The van der Waals surface area contributed by atoms with E-state index in [1.807, 2.05) is 24.3 Å². The number of hydrogen-bond acceptors (Lipinski definition) is 4. The molecular weight excluding hydrogens is 302 g/mol. The Balaban J connectivity index is 1.77. The number of carbonyl (C=O) groups excluding carboxylic acids is 1. The zero-order valence-corrected chi connectivity index (χ0v) is 14.2. The second-order valence-electron chi connectivity index (χ2n) is 6.10. The van der Waals surface area contributed by atoms with Gasteiger partial charge in [-0.1, -0.05) is 24.3 Å². The Morgan fingerprint density at radius 3 is 2.79 bits per heavy atom. The Labute approximate surface area is 143 Å². The van der Waals surface area contributed by atoms with Crippen LogP contribution in [0.4, 0.5) is 0 Å². The topological polar surface area (TPSA) is 38.8 Å². The summed E-state index contributed by atoms with van der Waals surface area (Å²) < 4.78 is 10.2. The fourth-order valence-corrected chi connectivity index (χ4v) is 3.39. The predicted molar refractivity (Wildman–Crippen MR) is 93.2 cm³/mol. The quantitative estimate of drug-likeness (QED) is 0.784. The van der Waals surface area contributed by atoms with Crippen molar-refractivity contribution in [3.63, 3.8) is 0 Å². The van der Waals surface area contributed by atoms with Gasteiger partial charge in [0.2, 0.25) is 0 Å². The van der Waals surface area contributed by atoms with Gasteiger partial charge in [0.25, 0.3) is 0 Å². The van der Waals surface area contributed by atoms with Crippen LogP contribution in [0.1, 0.15) is 40.4 Å². The van der Waals surface area contributed by atoms with E-state index >= 15 is 0 Å². The van der Waals surface area contributed by atoms with Crippen LogP contribution < -0.4 is 4.74 Å². The SMILES string of the molecule is COC(=O)c1cccc(CN2CCCC2c2cccc(OC)c2)c1. The van der Waals surface area contributed by atoms with Crippen molar-refractivity contribution in [1.82, 2.24) is 4.90 Å². The third-order valence-corrected chi connectivity index (χ3v) is 4.58. The molecule has 0 aromatic heterocycles. The first-order valence-electron chi connectivity index (χ1n) is 8.26. The fraction of sp³-hybridized carbons (Fsp3) is 0.350. The molecule has 0 bridgehead atoms. The van der Waals surface area contributed by atoms with Crippen molar-refractivity contribution in [2.45, 2.75) is 25.4 Å². The van der Waals surface area contributed by atoms with E-state index < -0.39 is 0 Å². The van der Waals surface area contributed by atoms with E-state index in [2.05, 4.69) is 23.1 Å². The molecule has 1 saturated heterocycles. The van der Waals surface area contributed by atoms with Crippen molar-refractivity contribution in [2.24, 2.45) is 0 Å². The molecule has 0 spiro atoms. The van der Waals surface area contributed by atoms with Crippen molar-refractivity contribution in [1.29, 1.82) is 0 Å². The number of nitrogens with zero attached hydrogens (tertiary/aromatic N) is 1. The molecule has 126 valence electrons. The fourth-order valence-electron chi connectivity index (χ4n) is 3.39. The lowest BCUT2D eigenvalue weighted by Gasteiger charge is -2.25. The summed E-state index contributed by atoms with van der Waals surface area (Å²) in [4.78, 5) is 14.2. The van der Waals surface area contributed by atoms with Gasteiger partial charge in [-0.3, -0.25) is 4.90 Å². The van der Waals surface area contributed by atoms with Crippen LogP contribution in [0.15, 0.2) is 48.5 Å². The maximum absolute atomic E-state index is 11.7. The van der Waals surface area contributed by atoms with Crippen molar-refractivity contribution < 1.29 is 14.3 Å². The molecule has 2 aromatic carbocycles. The third-order valence-electron chi connectivity index (χ3n) is 4.58. The number of likely N-dealkylation sites (tertiary alicyclic amines) is 1. The summed E-state index contributed by atoms with van der Waals surface area (Å²) >= 11 is 0. The Morgan fingerprint density at radius 1 is 1.17 bits per heavy atom. The van der Waals surface area contributed by atoms with Gasteiger partial charge in [-0.2, -0.15) is 0 Å². The van der Waals surface area contributed by atoms with Gasteiger partial charge >= 0.3 is 5.97 Å². The van der Waals surface area contributed by atoms with Crippen molar-refractivity contribution >= 4 is 5.97 Å². The second kappa shape index (κ2) is 7.49. The number of ether oxygens (including phenoxy) is 2. The van der Waals surface area contributed by atoms with Crippen LogP contribution in [0.3, 0.4) is 0 Å². The molecule has 0 aliphatic carbocycles. The molecular formula is C20H23NO3. The zero-order valence-electron chi connectivity index (χ0n) is 14.2. The molecule has 0 saturated carbocycles. The lowest BCUT2D eigenvalue weighted by Crippen LogP contribution is -2.23. The Bertz CT molecular complexity index is 714. The highest BCUT2D eigenvalue weighted by Crippen LogP contribution is 2.34. The van der Waals surface area contributed by atoms with E-state index in [-0.39, 0.29) is 5.97 Å². The molecule has 1 unspecified atom stereocenters. The highest BCUT2D eigenvalue weighted by atomic mass is 16.5. The molecule has 1 aliphatic heterocycles. The smallest absolute Gasteiger partial charge is 0.337 e. The monoisotopic (exact) mass is 325 g/mol. The molecule has 0 radical (unpaired) electrons. The van der Waals surface area contributed by atoms with E-state index in [0.717, 1.165) is 30.8 Å². The van der Waals surface area contributed by atoms with E-state index in [1.54, 1.807) is 13.2 Å². The Kier molecular flexibility index (Phi) is 5.16. The van der Waals surface area contributed by atoms with Crippen LogP contribution in [-0.4, -0.2) is 31.6 Å². The summed E-state index contributed by atoms with van der Waals surface area (Å²) in [6, 6.07) is 16.4. The summed E-state index contributed by atoms with van der Waals surface area (Å²) in [5.41, 5.74) is 3.02. The first-order valence-corrected chi connectivity index (χ1v) is 8.26. The molecule has 1 heterocycles. The number of rotatable bonds is 5. The van der Waals surface area contributed by atoms with E-state index in [1.165, 1.54) is 19.1 Å². The summed E-state index contributed by atoms with van der Waals surface area (Å²) in [6.07, 6.45) is 2.32. The molecule has 0 N–H and O–H groups in total. The highest BCUT2D eigenvalue weighted by Gasteiger charge is 2.26. The summed E-state index contributed by atoms with van der Waals surface area (Å²) in [5.74, 6) is 0.606. The first-order chi connectivity index (χ1) is 11.7. The van der Waals surface area contributed by atoms with Gasteiger partial charge in [0.1, 0.15) is 5.75 Å². The molecule has 1 atom stereocenters. The maximum atomic E-state index is 11.7. The van der Waals surface area contributed by atoms with Gasteiger partial charge in [-0.15, -0.1) is 0 Å². The zero-order chi connectivity index (χ0) is 16.9. The number of methoxy groups -OCH3 is 2. The average Bonchev–Trinajstić information content (AvgIpc) is 3.09. The Morgan fingerprint density at radius 2 is 2.00 bits per heavy atom. The number of esters is 1. The Hall–Kier alpha value is -2.33. The van der Waals surface area contributed by atoms with E-state index in [0.29, 0.717) is 11.6 Å². The molecule has 4 nitrogen and oxygen atoms in total. The minimum atomic E-state index is -0.289. The maximum Gasteiger partial charge on any atom is 0.337 e. The number of hydrogen-bond donors (Lipinski definition) is 0. The van der Waals surface area contributed by atoms with Gasteiger partial charge in [0.15, 0.2) is 0 Å². The third kappa shape index (κ3) is 3.60. The highest BCUT2D eigenvalue weighted by molar-refractivity contribution is 5.89. The van der Waals surface area contributed by atoms with Crippen molar-refractivity contribution in [3.8, 4) is 5.75 Å². The van der Waals surface area contributed by atoms with E-state index in [9.17, 15) is 4.79 Å². The minimum Gasteiger partial charge on any atom is -0.497 e. The molecule has 4 heteroatoms. The summed E-state index contributed by atoms with van der Waals surface area (Å²) in [5, 5.41) is 0. The minimum absolute atomic E-state index is 0.289. The van der Waals surface area contributed by atoms with Crippen LogP contribution in [-0.2, 0) is 11.3 Å². The average molecular weight is 325 g/mol. The van der Waals surface area contributed by atoms with Gasteiger partial charge in [0, 0.05) is 12.6 Å². The standard InChI is InChI=1S/C20H23NO3/c1-23-18-9-4-7-16(13-18)19-10-5-11-21(19)14-15-6-3-8-17(12-15)20(22)24-2/h3-4,6-9,12-13,19H,5,10-11,14H2,1-2H3. The molecule has 24 heavy (non-hydrogen) atoms. The number of carbonyl (C=O) groups is 1. The molecule has 0 amide bonds. The van der Waals surface area contributed by atoms with Crippen LogP contribution in [0.5, 0.6) is 5.75 Å². The summed E-state index contributed by atoms with van der Waals surface area (Å²) in [7, 11) is 3.11. The molecule has 3 rings (SSSR count). The van der Waals surface area contributed by atoms with Crippen LogP contribution in [0, 0.1) is 0 Å². The van der Waals surface area contributed by atoms with Gasteiger partial charge in [0.05, 0.1) is 19.8 Å². The number of benzene rings is 2. The van der Waals surface area contributed by atoms with Gasteiger partial charge < -0.3 is 9.47 Å². The summed E-state index contributed by atoms with van der Waals surface area (Å²) in [6.45, 7) is 1.89. The van der Waals surface area contributed by atoms with Crippen LogP contribution in [0.25, 0.3) is 0 Å². The van der Waals surface area contributed by atoms with Crippen molar-refractivity contribution in [3.05, 3.63) is 65.2 Å².